The maximum atomic E-state index is 12.8. The quantitative estimate of drug-likeness (QED) is 0.813. The highest BCUT2D eigenvalue weighted by Gasteiger charge is 2.32. The van der Waals surface area contributed by atoms with E-state index >= 15 is 0 Å². The van der Waals surface area contributed by atoms with Crippen LogP contribution in [0.15, 0.2) is 6.20 Å². The monoisotopic (exact) mass is 369 g/mol. The van der Waals surface area contributed by atoms with Gasteiger partial charge in [-0.3, -0.25) is 9.48 Å². The Balaban J connectivity index is 1.39. The molecule has 1 aliphatic carbocycles. The molecule has 6 heteroatoms. The predicted octanol–water partition coefficient (Wildman–Crippen LogP) is 3.22. The number of hydrogen-bond donors (Lipinski definition) is 0. The summed E-state index contributed by atoms with van der Waals surface area (Å²) in [6.07, 6.45) is 8.23. The van der Waals surface area contributed by atoms with Gasteiger partial charge in [0, 0.05) is 50.1 Å². The second-order valence-electron chi connectivity index (χ2n) is 8.31. The van der Waals surface area contributed by atoms with E-state index in [-0.39, 0.29) is 5.91 Å². The lowest BCUT2D eigenvalue weighted by atomic mass is 9.84. The number of aromatic nitrogens is 4. The molecule has 2 aromatic heterocycles. The summed E-state index contributed by atoms with van der Waals surface area (Å²) in [5, 5.41) is 4.46. The van der Waals surface area contributed by atoms with Gasteiger partial charge in [0.15, 0.2) is 0 Å². The van der Waals surface area contributed by atoms with E-state index in [1.165, 1.54) is 42.0 Å². The molecule has 0 spiro atoms. The molecular weight excluding hydrogens is 338 g/mol. The maximum Gasteiger partial charge on any atom is 0.222 e. The molecule has 27 heavy (non-hydrogen) atoms. The normalized spacial score (nSPS) is 20.3. The predicted molar refractivity (Wildman–Crippen MR) is 105 cm³/mol. The Morgan fingerprint density at radius 3 is 2.63 bits per heavy atom. The first kappa shape index (κ1) is 18.3. The van der Waals surface area contributed by atoms with Crippen molar-refractivity contribution in [2.75, 3.05) is 13.1 Å². The van der Waals surface area contributed by atoms with Crippen LogP contribution in [0.4, 0.5) is 0 Å². The SMILES string of the molecule is Cc1nn(C)c(C)c1CCC(=O)N1CCC(n2c(C)cnc2C2CCC2)C1. The zero-order valence-corrected chi connectivity index (χ0v) is 17.0. The van der Waals surface area contributed by atoms with Gasteiger partial charge in [0.2, 0.25) is 5.91 Å². The molecule has 0 aromatic carbocycles. The number of hydrogen-bond acceptors (Lipinski definition) is 3. The van der Waals surface area contributed by atoms with Crippen molar-refractivity contribution in [1.82, 2.24) is 24.2 Å². The topological polar surface area (TPSA) is 56.0 Å². The number of aryl methyl sites for hydroxylation is 3. The molecule has 0 N–H and O–H groups in total. The Hall–Kier alpha value is -2.11. The van der Waals surface area contributed by atoms with Crippen molar-refractivity contribution in [3.8, 4) is 0 Å². The summed E-state index contributed by atoms with van der Waals surface area (Å²) in [6, 6.07) is 0.383. The third-order valence-corrected chi connectivity index (χ3v) is 6.61. The van der Waals surface area contributed by atoms with Gasteiger partial charge in [0.1, 0.15) is 5.82 Å². The lowest BCUT2D eigenvalue weighted by Crippen LogP contribution is -2.30. The van der Waals surface area contributed by atoms with Crippen molar-refractivity contribution in [2.24, 2.45) is 7.05 Å². The molecule has 0 radical (unpaired) electrons. The molecule has 1 saturated carbocycles. The third kappa shape index (κ3) is 3.30. The van der Waals surface area contributed by atoms with Gasteiger partial charge in [0.25, 0.3) is 0 Å². The Bertz CT molecular complexity index is 845. The Kier molecular flexibility index (Phi) is 4.82. The van der Waals surface area contributed by atoms with Gasteiger partial charge in [-0.15, -0.1) is 0 Å². The van der Waals surface area contributed by atoms with Crippen LogP contribution in [0.5, 0.6) is 0 Å². The highest BCUT2D eigenvalue weighted by molar-refractivity contribution is 5.76. The number of carbonyl (C=O) groups excluding carboxylic acids is 1. The Labute approximate surface area is 161 Å². The lowest BCUT2D eigenvalue weighted by molar-refractivity contribution is -0.130. The number of carbonyl (C=O) groups is 1. The van der Waals surface area contributed by atoms with Gasteiger partial charge in [-0.2, -0.15) is 5.10 Å². The Morgan fingerprint density at radius 1 is 1.22 bits per heavy atom. The number of rotatable bonds is 5. The summed E-state index contributed by atoms with van der Waals surface area (Å²) < 4.78 is 4.33. The van der Waals surface area contributed by atoms with Crippen LogP contribution < -0.4 is 0 Å². The van der Waals surface area contributed by atoms with Crippen LogP contribution in [0.2, 0.25) is 0 Å². The number of likely N-dealkylation sites (tertiary alicyclic amines) is 1. The summed E-state index contributed by atoms with van der Waals surface area (Å²) in [6.45, 7) is 7.93. The fraction of sp³-hybridized carbons (Fsp3) is 0.667. The molecule has 2 fully saturated rings. The van der Waals surface area contributed by atoms with Crippen molar-refractivity contribution >= 4 is 5.91 Å². The molecule has 1 unspecified atom stereocenters. The summed E-state index contributed by atoms with van der Waals surface area (Å²) >= 11 is 0. The van der Waals surface area contributed by atoms with Crippen molar-refractivity contribution in [1.29, 1.82) is 0 Å². The first-order chi connectivity index (χ1) is 13.0. The molecule has 1 amide bonds. The minimum Gasteiger partial charge on any atom is -0.341 e. The van der Waals surface area contributed by atoms with E-state index in [0.29, 0.717) is 18.4 Å². The molecule has 3 heterocycles. The molecular formula is C21H31N5O. The molecule has 1 atom stereocenters. The average Bonchev–Trinajstić information content (AvgIpc) is 3.25. The van der Waals surface area contributed by atoms with Crippen molar-refractivity contribution in [3.05, 3.63) is 34.7 Å². The van der Waals surface area contributed by atoms with Crippen molar-refractivity contribution in [2.45, 2.75) is 71.3 Å². The van der Waals surface area contributed by atoms with E-state index in [4.69, 9.17) is 4.98 Å². The highest BCUT2D eigenvalue weighted by Crippen LogP contribution is 2.38. The van der Waals surface area contributed by atoms with Crippen LogP contribution in [0, 0.1) is 20.8 Å². The summed E-state index contributed by atoms with van der Waals surface area (Å²) in [5.41, 5.74) is 4.66. The number of imidazole rings is 1. The molecule has 2 aliphatic rings. The zero-order chi connectivity index (χ0) is 19.1. The summed E-state index contributed by atoms with van der Waals surface area (Å²) in [4.78, 5) is 19.6. The molecule has 146 valence electrons. The smallest absolute Gasteiger partial charge is 0.222 e. The molecule has 2 aromatic rings. The standard InChI is InChI=1S/C21H31N5O/c1-14-12-22-21(17-6-5-7-17)26(14)18-10-11-25(13-18)20(27)9-8-19-15(2)23-24(4)16(19)3/h12,17-18H,5-11,13H2,1-4H3. The van der Waals surface area contributed by atoms with Crippen LogP contribution in [0.1, 0.15) is 72.5 Å². The highest BCUT2D eigenvalue weighted by atomic mass is 16.2. The molecule has 1 saturated heterocycles. The van der Waals surface area contributed by atoms with Gasteiger partial charge in [-0.05, 0) is 52.0 Å². The lowest BCUT2D eigenvalue weighted by Gasteiger charge is -2.28. The van der Waals surface area contributed by atoms with Crippen molar-refractivity contribution in [3.63, 3.8) is 0 Å². The van der Waals surface area contributed by atoms with Crippen LogP contribution in [-0.2, 0) is 18.3 Å². The van der Waals surface area contributed by atoms with E-state index in [1.54, 1.807) is 0 Å². The van der Waals surface area contributed by atoms with E-state index in [2.05, 4.69) is 28.4 Å². The second-order valence-corrected chi connectivity index (χ2v) is 8.31. The Morgan fingerprint density at radius 2 is 2.00 bits per heavy atom. The van der Waals surface area contributed by atoms with Crippen LogP contribution in [0.25, 0.3) is 0 Å². The van der Waals surface area contributed by atoms with E-state index in [9.17, 15) is 4.79 Å². The van der Waals surface area contributed by atoms with Crippen molar-refractivity contribution < 1.29 is 4.79 Å². The van der Waals surface area contributed by atoms with E-state index < -0.39 is 0 Å². The van der Waals surface area contributed by atoms with Gasteiger partial charge < -0.3 is 9.47 Å². The third-order valence-electron chi connectivity index (χ3n) is 6.61. The first-order valence-electron chi connectivity index (χ1n) is 10.3. The van der Waals surface area contributed by atoms with Crippen LogP contribution >= 0.6 is 0 Å². The minimum absolute atomic E-state index is 0.267. The average molecular weight is 370 g/mol. The van der Waals surface area contributed by atoms with Gasteiger partial charge in [0.05, 0.1) is 11.7 Å². The summed E-state index contributed by atoms with van der Waals surface area (Å²) in [7, 11) is 1.96. The van der Waals surface area contributed by atoms with Gasteiger partial charge >= 0.3 is 0 Å². The molecule has 6 nitrogen and oxygen atoms in total. The van der Waals surface area contributed by atoms with Gasteiger partial charge in [-0.1, -0.05) is 6.42 Å². The maximum absolute atomic E-state index is 12.8. The molecule has 1 aliphatic heterocycles. The number of nitrogens with zero attached hydrogens (tertiary/aromatic N) is 5. The summed E-state index contributed by atoms with van der Waals surface area (Å²) in [5.74, 6) is 2.14. The second kappa shape index (κ2) is 7.13. The van der Waals surface area contributed by atoms with E-state index in [1.807, 2.05) is 24.9 Å². The fourth-order valence-corrected chi connectivity index (χ4v) is 4.66. The van der Waals surface area contributed by atoms with Gasteiger partial charge in [-0.25, -0.2) is 4.98 Å². The zero-order valence-electron chi connectivity index (χ0n) is 17.0. The van der Waals surface area contributed by atoms with Crippen LogP contribution in [-0.4, -0.2) is 43.2 Å². The van der Waals surface area contributed by atoms with E-state index in [0.717, 1.165) is 31.6 Å². The largest absolute Gasteiger partial charge is 0.341 e. The number of amides is 1. The van der Waals surface area contributed by atoms with Crippen LogP contribution in [0.3, 0.4) is 0 Å². The molecule has 4 rings (SSSR count). The first-order valence-corrected chi connectivity index (χ1v) is 10.3. The fourth-order valence-electron chi connectivity index (χ4n) is 4.66. The molecule has 0 bridgehead atoms. The minimum atomic E-state index is 0.267.